The maximum Gasteiger partial charge on any atom is 0.416 e. The van der Waals surface area contributed by atoms with Crippen molar-refractivity contribution in [3.63, 3.8) is 0 Å². The van der Waals surface area contributed by atoms with Gasteiger partial charge in [-0.05, 0) is 17.7 Å². The van der Waals surface area contributed by atoms with Crippen LogP contribution in [0.5, 0.6) is 0 Å². The molecule has 1 atom stereocenters. The van der Waals surface area contributed by atoms with Gasteiger partial charge in [-0.15, -0.1) is 0 Å². The number of carbonyl (C=O) groups excluding carboxylic acids is 2. The maximum absolute atomic E-state index is 12.6. The van der Waals surface area contributed by atoms with Crippen molar-refractivity contribution in [3.8, 4) is 0 Å². The predicted octanol–water partition coefficient (Wildman–Crippen LogP) is 0.410. The molecule has 1 fully saturated rings. The molecule has 1 aliphatic rings. The number of hydrogen-bond donors (Lipinski definition) is 3. The molecule has 0 saturated carbocycles. The highest BCUT2D eigenvalue weighted by molar-refractivity contribution is 5.86. The summed E-state index contributed by atoms with van der Waals surface area (Å²) in [5, 5.41) is 7.81. The second-order valence-corrected chi connectivity index (χ2v) is 4.65. The molecule has 0 radical (unpaired) electrons. The highest BCUT2D eigenvalue weighted by atomic mass is 19.4. The Morgan fingerprint density at radius 2 is 2.14 bits per heavy atom. The molecule has 1 aliphatic heterocycles. The molecule has 3 N–H and O–H groups in total. The summed E-state index contributed by atoms with van der Waals surface area (Å²) in [5.41, 5.74) is -0.393. The van der Waals surface area contributed by atoms with E-state index in [4.69, 9.17) is 0 Å². The third-order valence-electron chi connectivity index (χ3n) is 3.05. The van der Waals surface area contributed by atoms with Crippen LogP contribution in [0, 0.1) is 0 Å². The standard InChI is InChI=1S/C13H14F3N3O2/c14-13(15,16)9-3-1-2-8(4-9)5-19-12(21)10-6-18-11(20)7-17-10/h1-4,10,17H,5-7H2,(H,18,20)(H,19,21). The Hall–Kier alpha value is -2.09. The summed E-state index contributed by atoms with van der Waals surface area (Å²) in [6.45, 7) is 0.198. The first-order chi connectivity index (χ1) is 9.86. The molecule has 0 bridgehead atoms. The van der Waals surface area contributed by atoms with E-state index in [1.54, 1.807) is 0 Å². The van der Waals surface area contributed by atoms with Crippen LogP contribution in [0.25, 0.3) is 0 Å². The first kappa shape index (κ1) is 15.3. The molecule has 5 nitrogen and oxygen atoms in total. The highest BCUT2D eigenvalue weighted by Crippen LogP contribution is 2.29. The van der Waals surface area contributed by atoms with Gasteiger partial charge in [0, 0.05) is 13.1 Å². The maximum atomic E-state index is 12.6. The van der Waals surface area contributed by atoms with Gasteiger partial charge in [-0.1, -0.05) is 12.1 Å². The summed E-state index contributed by atoms with van der Waals surface area (Å²) in [5.74, 6) is -0.565. The molecule has 0 aliphatic carbocycles. The normalized spacial score (nSPS) is 19.0. The molecule has 114 valence electrons. The number of alkyl halides is 3. The molecule has 1 saturated heterocycles. The van der Waals surface area contributed by atoms with Crippen molar-refractivity contribution in [1.82, 2.24) is 16.0 Å². The van der Waals surface area contributed by atoms with E-state index in [0.717, 1.165) is 12.1 Å². The van der Waals surface area contributed by atoms with Gasteiger partial charge in [0.25, 0.3) is 0 Å². The minimum Gasteiger partial charge on any atom is -0.353 e. The number of halogens is 3. The molecule has 1 unspecified atom stereocenters. The molecular weight excluding hydrogens is 287 g/mol. The lowest BCUT2D eigenvalue weighted by Crippen LogP contribution is -2.57. The van der Waals surface area contributed by atoms with E-state index in [1.165, 1.54) is 12.1 Å². The second-order valence-electron chi connectivity index (χ2n) is 4.65. The van der Waals surface area contributed by atoms with Crippen LogP contribution in [-0.4, -0.2) is 30.9 Å². The van der Waals surface area contributed by atoms with Crippen LogP contribution in [0.15, 0.2) is 24.3 Å². The van der Waals surface area contributed by atoms with Gasteiger partial charge < -0.3 is 10.6 Å². The Bertz CT molecular complexity index is 536. The number of benzene rings is 1. The molecule has 8 heteroatoms. The van der Waals surface area contributed by atoms with E-state index in [9.17, 15) is 22.8 Å². The van der Waals surface area contributed by atoms with E-state index in [1.807, 2.05) is 0 Å². The average Bonchev–Trinajstić information content (AvgIpc) is 2.45. The number of hydrogen-bond acceptors (Lipinski definition) is 3. The van der Waals surface area contributed by atoms with E-state index >= 15 is 0 Å². The third kappa shape index (κ3) is 4.19. The van der Waals surface area contributed by atoms with Crippen LogP contribution < -0.4 is 16.0 Å². The Labute approximate surface area is 118 Å². The lowest BCUT2D eigenvalue weighted by molar-refractivity contribution is -0.137. The Morgan fingerprint density at radius 3 is 2.76 bits per heavy atom. The topological polar surface area (TPSA) is 70.2 Å². The smallest absolute Gasteiger partial charge is 0.353 e. The molecule has 0 spiro atoms. The summed E-state index contributed by atoms with van der Waals surface area (Å²) in [7, 11) is 0. The molecular formula is C13H14F3N3O2. The number of piperazine rings is 1. The summed E-state index contributed by atoms with van der Waals surface area (Å²) < 4.78 is 37.7. The van der Waals surface area contributed by atoms with Gasteiger partial charge in [0.2, 0.25) is 11.8 Å². The van der Waals surface area contributed by atoms with Crippen LogP contribution in [0.1, 0.15) is 11.1 Å². The first-order valence-corrected chi connectivity index (χ1v) is 6.30. The van der Waals surface area contributed by atoms with Crippen molar-refractivity contribution in [2.24, 2.45) is 0 Å². The zero-order valence-electron chi connectivity index (χ0n) is 11.0. The fourth-order valence-corrected chi connectivity index (χ4v) is 1.92. The summed E-state index contributed by atoms with van der Waals surface area (Å²) >= 11 is 0. The molecule has 2 amide bonds. The van der Waals surface area contributed by atoms with Crippen molar-refractivity contribution in [3.05, 3.63) is 35.4 Å². The van der Waals surface area contributed by atoms with Gasteiger partial charge in [-0.3, -0.25) is 14.9 Å². The second kappa shape index (κ2) is 6.13. The van der Waals surface area contributed by atoms with Gasteiger partial charge in [-0.25, -0.2) is 0 Å². The number of nitrogens with one attached hydrogen (secondary N) is 3. The number of rotatable bonds is 3. The summed E-state index contributed by atoms with van der Waals surface area (Å²) in [6.07, 6.45) is -4.41. The lowest BCUT2D eigenvalue weighted by atomic mass is 10.1. The van der Waals surface area contributed by atoms with E-state index in [0.29, 0.717) is 5.56 Å². The molecule has 2 rings (SSSR count). The summed E-state index contributed by atoms with van der Waals surface area (Å²) in [6, 6.07) is 4.20. The third-order valence-corrected chi connectivity index (χ3v) is 3.05. The van der Waals surface area contributed by atoms with E-state index in [-0.39, 0.29) is 31.4 Å². The fourth-order valence-electron chi connectivity index (χ4n) is 1.92. The van der Waals surface area contributed by atoms with Crippen LogP contribution in [0.3, 0.4) is 0 Å². The average molecular weight is 301 g/mol. The van der Waals surface area contributed by atoms with Crippen LogP contribution in [0.4, 0.5) is 13.2 Å². The van der Waals surface area contributed by atoms with Crippen molar-refractivity contribution < 1.29 is 22.8 Å². The first-order valence-electron chi connectivity index (χ1n) is 6.30. The van der Waals surface area contributed by atoms with E-state index < -0.39 is 17.8 Å². The van der Waals surface area contributed by atoms with Crippen molar-refractivity contribution in [2.75, 3.05) is 13.1 Å². The van der Waals surface area contributed by atoms with Crippen molar-refractivity contribution in [1.29, 1.82) is 0 Å². The fraction of sp³-hybridized carbons (Fsp3) is 0.385. The minimum absolute atomic E-state index is 0.00508. The predicted molar refractivity (Wildman–Crippen MR) is 68.1 cm³/mol. The molecule has 1 aromatic carbocycles. The lowest BCUT2D eigenvalue weighted by Gasteiger charge is -2.23. The van der Waals surface area contributed by atoms with Gasteiger partial charge in [-0.2, -0.15) is 13.2 Å². The zero-order chi connectivity index (χ0) is 15.5. The number of carbonyl (C=O) groups is 2. The quantitative estimate of drug-likeness (QED) is 0.757. The molecule has 1 heterocycles. The van der Waals surface area contributed by atoms with Gasteiger partial charge in [0.15, 0.2) is 0 Å². The molecule has 0 aromatic heterocycles. The Balaban J connectivity index is 1.91. The number of amides is 2. The summed E-state index contributed by atoms with van der Waals surface area (Å²) in [4.78, 5) is 22.7. The van der Waals surface area contributed by atoms with Crippen LogP contribution in [-0.2, 0) is 22.3 Å². The Morgan fingerprint density at radius 1 is 1.38 bits per heavy atom. The van der Waals surface area contributed by atoms with Gasteiger partial charge >= 0.3 is 6.18 Å². The molecule has 1 aromatic rings. The van der Waals surface area contributed by atoms with Crippen LogP contribution >= 0.6 is 0 Å². The minimum atomic E-state index is -4.41. The Kier molecular flexibility index (Phi) is 4.46. The van der Waals surface area contributed by atoms with Gasteiger partial charge in [0.05, 0.1) is 12.1 Å². The monoisotopic (exact) mass is 301 g/mol. The van der Waals surface area contributed by atoms with Crippen molar-refractivity contribution >= 4 is 11.8 Å². The van der Waals surface area contributed by atoms with Crippen LogP contribution in [0.2, 0.25) is 0 Å². The zero-order valence-corrected chi connectivity index (χ0v) is 11.0. The SMILES string of the molecule is O=C1CNC(C(=O)NCc2cccc(C(F)(F)F)c2)CN1. The highest BCUT2D eigenvalue weighted by Gasteiger charge is 2.30. The molecule has 21 heavy (non-hydrogen) atoms. The van der Waals surface area contributed by atoms with E-state index in [2.05, 4.69) is 16.0 Å². The van der Waals surface area contributed by atoms with Gasteiger partial charge in [0.1, 0.15) is 6.04 Å². The largest absolute Gasteiger partial charge is 0.416 e. The van der Waals surface area contributed by atoms with Crippen molar-refractivity contribution in [2.45, 2.75) is 18.8 Å².